The van der Waals surface area contributed by atoms with Crippen LogP contribution in [0, 0.1) is 0 Å². The standard InChI is InChI=1S/C21H15Cl2NO4/c22-14-3-8-17(18(23)12-14)19-9-6-16(28-19)7-10-20(25)24-15-4-1-13(2-5-15)11-21(26)27/h1-10,12H,11H2,(H,24,25)(H,26,27)/b10-7+. The highest BCUT2D eigenvalue weighted by Gasteiger charge is 2.08. The van der Waals surface area contributed by atoms with Crippen LogP contribution >= 0.6 is 23.2 Å². The average Bonchev–Trinajstić information content (AvgIpc) is 3.10. The first kappa shape index (κ1) is 19.7. The van der Waals surface area contributed by atoms with Gasteiger partial charge in [0.05, 0.1) is 11.4 Å². The Balaban J connectivity index is 1.63. The summed E-state index contributed by atoms with van der Waals surface area (Å²) in [6.07, 6.45) is 2.82. The molecule has 0 fully saturated rings. The molecule has 0 saturated heterocycles. The van der Waals surface area contributed by atoms with Crippen molar-refractivity contribution in [3.63, 3.8) is 0 Å². The highest BCUT2D eigenvalue weighted by Crippen LogP contribution is 2.31. The van der Waals surface area contributed by atoms with Crippen molar-refractivity contribution in [3.05, 3.63) is 82.0 Å². The highest BCUT2D eigenvalue weighted by atomic mass is 35.5. The normalized spacial score (nSPS) is 10.9. The van der Waals surface area contributed by atoms with Gasteiger partial charge in [-0.25, -0.2) is 0 Å². The fourth-order valence-corrected chi connectivity index (χ4v) is 3.00. The molecule has 0 aliphatic rings. The van der Waals surface area contributed by atoms with Gasteiger partial charge in [0.15, 0.2) is 0 Å². The molecule has 1 aromatic heterocycles. The first-order valence-corrected chi connectivity index (χ1v) is 9.01. The van der Waals surface area contributed by atoms with Crippen molar-refractivity contribution in [2.75, 3.05) is 5.32 Å². The molecule has 1 heterocycles. The molecular weight excluding hydrogens is 401 g/mol. The summed E-state index contributed by atoms with van der Waals surface area (Å²) in [5, 5.41) is 12.5. The molecule has 28 heavy (non-hydrogen) atoms. The Morgan fingerprint density at radius 2 is 1.79 bits per heavy atom. The number of carboxylic acids is 1. The summed E-state index contributed by atoms with van der Waals surface area (Å²) in [4.78, 5) is 22.7. The Labute approximate surface area is 171 Å². The molecule has 0 atom stereocenters. The van der Waals surface area contributed by atoms with Gasteiger partial charge < -0.3 is 14.8 Å². The fraction of sp³-hybridized carbons (Fsp3) is 0.0476. The summed E-state index contributed by atoms with van der Waals surface area (Å²) >= 11 is 12.1. The number of rotatable bonds is 6. The van der Waals surface area contributed by atoms with E-state index < -0.39 is 5.97 Å². The Morgan fingerprint density at radius 1 is 1.04 bits per heavy atom. The zero-order chi connectivity index (χ0) is 20.1. The molecule has 0 unspecified atom stereocenters. The third kappa shape index (κ3) is 5.25. The van der Waals surface area contributed by atoms with E-state index in [1.54, 1.807) is 60.7 Å². The number of amides is 1. The molecule has 0 aliphatic heterocycles. The van der Waals surface area contributed by atoms with Gasteiger partial charge in [-0.1, -0.05) is 35.3 Å². The lowest BCUT2D eigenvalue weighted by molar-refractivity contribution is -0.136. The predicted octanol–water partition coefficient (Wildman–Crippen LogP) is 5.53. The SMILES string of the molecule is O=C(O)Cc1ccc(NC(=O)/C=C/c2ccc(-c3ccc(Cl)cc3Cl)o2)cc1. The minimum Gasteiger partial charge on any atom is -0.481 e. The van der Waals surface area contributed by atoms with E-state index in [2.05, 4.69) is 5.32 Å². The maximum atomic E-state index is 12.0. The molecule has 0 radical (unpaired) electrons. The summed E-state index contributed by atoms with van der Waals surface area (Å²) in [7, 11) is 0. The zero-order valence-electron chi connectivity index (χ0n) is 14.5. The maximum absolute atomic E-state index is 12.0. The Kier molecular flexibility index (Phi) is 6.19. The summed E-state index contributed by atoms with van der Waals surface area (Å²) in [5.41, 5.74) is 1.93. The number of carbonyl (C=O) groups excluding carboxylic acids is 1. The molecule has 0 saturated carbocycles. The second-order valence-electron chi connectivity index (χ2n) is 5.92. The smallest absolute Gasteiger partial charge is 0.307 e. The molecule has 3 aromatic rings. The van der Waals surface area contributed by atoms with Crippen LogP contribution in [-0.2, 0) is 16.0 Å². The minimum absolute atomic E-state index is 0.0629. The van der Waals surface area contributed by atoms with Gasteiger partial charge in [0.2, 0.25) is 5.91 Å². The van der Waals surface area contributed by atoms with Crippen molar-refractivity contribution in [1.29, 1.82) is 0 Å². The van der Waals surface area contributed by atoms with Crippen molar-refractivity contribution in [1.82, 2.24) is 0 Å². The number of aliphatic carboxylic acids is 1. The predicted molar refractivity (Wildman–Crippen MR) is 110 cm³/mol. The molecule has 0 aliphatic carbocycles. The van der Waals surface area contributed by atoms with E-state index in [1.165, 1.54) is 6.08 Å². The van der Waals surface area contributed by atoms with Crippen LogP contribution in [0.3, 0.4) is 0 Å². The van der Waals surface area contributed by atoms with Gasteiger partial charge in [-0.3, -0.25) is 9.59 Å². The zero-order valence-corrected chi connectivity index (χ0v) is 16.0. The van der Waals surface area contributed by atoms with Crippen LogP contribution in [0.15, 0.2) is 65.1 Å². The lowest BCUT2D eigenvalue weighted by Crippen LogP contribution is -2.08. The van der Waals surface area contributed by atoms with Crippen molar-refractivity contribution < 1.29 is 19.1 Å². The first-order valence-electron chi connectivity index (χ1n) is 8.26. The van der Waals surface area contributed by atoms with Gasteiger partial charge in [0.25, 0.3) is 0 Å². The van der Waals surface area contributed by atoms with Crippen molar-refractivity contribution in [2.45, 2.75) is 6.42 Å². The van der Waals surface area contributed by atoms with Gasteiger partial charge in [0.1, 0.15) is 11.5 Å². The fourth-order valence-electron chi connectivity index (χ4n) is 2.50. The Morgan fingerprint density at radius 3 is 2.46 bits per heavy atom. The van der Waals surface area contributed by atoms with E-state index in [4.69, 9.17) is 32.7 Å². The molecule has 0 bridgehead atoms. The van der Waals surface area contributed by atoms with E-state index in [0.717, 1.165) is 0 Å². The summed E-state index contributed by atoms with van der Waals surface area (Å²) < 4.78 is 5.69. The van der Waals surface area contributed by atoms with Gasteiger partial charge in [-0.05, 0) is 54.1 Å². The van der Waals surface area contributed by atoms with Crippen LogP contribution in [0.25, 0.3) is 17.4 Å². The van der Waals surface area contributed by atoms with Crippen molar-refractivity contribution in [3.8, 4) is 11.3 Å². The van der Waals surface area contributed by atoms with Gasteiger partial charge in [-0.2, -0.15) is 0 Å². The Hall–Kier alpha value is -3.02. The molecule has 5 nitrogen and oxygen atoms in total. The summed E-state index contributed by atoms with van der Waals surface area (Å²) in [6.45, 7) is 0. The maximum Gasteiger partial charge on any atom is 0.307 e. The average molecular weight is 416 g/mol. The molecule has 142 valence electrons. The van der Waals surface area contributed by atoms with Crippen LogP contribution in [0.4, 0.5) is 5.69 Å². The molecular formula is C21H15Cl2NO4. The van der Waals surface area contributed by atoms with E-state index in [0.29, 0.717) is 38.4 Å². The molecule has 2 N–H and O–H groups in total. The van der Waals surface area contributed by atoms with Gasteiger partial charge in [-0.15, -0.1) is 0 Å². The van der Waals surface area contributed by atoms with Gasteiger partial charge >= 0.3 is 5.97 Å². The summed E-state index contributed by atoms with van der Waals surface area (Å²) in [5.74, 6) is -0.186. The topological polar surface area (TPSA) is 79.5 Å². The van der Waals surface area contributed by atoms with Crippen LogP contribution in [0.5, 0.6) is 0 Å². The van der Waals surface area contributed by atoms with Crippen LogP contribution < -0.4 is 5.32 Å². The highest BCUT2D eigenvalue weighted by molar-refractivity contribution is 6.36. The molecule has 0 spiro atoms. The number of halogens is 2. The largest absolute Gasteiger partial charge is 0.481 e. The number of hydrogen-bond acceptors (Lipinski definition) is 3. The lowest BCUT2D eigenvalue weighted by Gasteiger charge is -2.03. The summed E-state index contributed by atoms with van der Waals surface area (Å²) in [6, 6.07) is 15.2. The number of hydrogen-bond donors (Lipinski definition) is 2. The van der Waals surface area contributed by atoms with Crippen LogP contribution in [0.1, 0.15) is 11.3 Å². The number of carbonyl (C=O) groups is 2. The molecule has 3 rings (SSSR count). The molecule has 1 amide bonds. The third-order valence-electron chi connectivity index (χ3n) is 3.80. The van der Waals surface area contributed by atoms with Crippen molar-refractivity contribution in [2.24, 2.45) is 0 Å². The number of nitrogens with one attached hydrogen (secondary N) is 1. The van der Waals surface area contributed by atoms with E-state index in [1.807, 2.05) is 0 Å². The second-order valence-corrected chi connectivity index (χ2v) is 6.76. The molecule has 7 heteroatoms. The third-order valence-corrected chi connectivity index (χ3v) is 4.35. The monoisotopic (exact) mass is 415 g/mol. The number of benzene rings is 2. The van der Waals surface area contributed by atoms with E-state index in [-0.39, 0.29) is 12.3 Å². The lowest BCUT2D eigenvalue weighted by atomic mass is 10.1. The van der Waals surface area contributed by atoms with Crippen LogP contribution in [-0.4, -0.2) is 17.0 Å². The number of furan rings is 1. The second kappa shape index (κ2) is 8.78. The van der Waals surface area contributed by atoms with Crippen LogP contribution in [0.2, 0.25) is 10.0 Å². The Bertz CT molecular complexity index is 1040. The number of anilines is 1. The quantitative estimate of drug-likeness (QED) is 0.518. The van der Waals surface area contributed by atoms with Gasteiger partial charge in [0, 0.05) is 22.3 Å². The first-order chi connectivity index (χ1) is 13.4. The van der Waals surface area contributed by atoms with E-state index >= 15 is 0 Å². The van der Waals surface area contributed by atoms with E-state index in [9.17, 15) is 9.59 Å². The number of carboxylic acid groups (broad SMARTS) is 1. The molecule has 2 aromatic carbocycles. The van der Waals surface area contributed by atoms with Crippen molar-refractivity contribution >= 4 is 46.8 Å². The minimum atomic E-state index is -0.905.